The number of nitrogens with zero attached hydrogens (tertiary/aromatic N) is 3. The van der Waals surface area contributed by atoms with Crippen LogP contribution in [0.1, 0.15) is 28.1 Å². The maximum atomic E-state index is 12.5. The SMILES string of the molecule is Cc1cc(C)c2[nH]c(CN3Cc4cnn(CCO)c4C3)cc(=O)c2c1. The van der Waals surface area contributed by atoms with Gasteiger partial charge in [0.25, 0.3) is 0 Å². The maximum absolute atomic E-state index is 12.5. The molecule has 25 heavy (non-hydrogen) atoms. The van der Waals surface area contributed by atoms with Gasteiger partial charge in [0.05, 0.1) is 30.6 Å². The third kappa shape index (κ3) is 2.88. The summed E-state index contributed by atoms with van der Waals surface area (Å²) >= 11 is 0. The van der Waals surface area contributed by atoms with Crippen LogP contribution in [0.5, 0.6) is 0 Å². The van der Waals surface area contributed by atoms with Crippen LogP contribution in [0.15, 0.2) is 29.2 Å². The Hall–Kier alpha value is -2.44. The van der Waals surface area contributed by atoms with Crippen LogP contribution in [0, 0.1) is 13.8 Å². The molecule has 1 aliphatic rings. The Morgan fingerprint density at radius 3 is 2.88 bits per heavy atom. The number of aliphatic hydroxyl groups is 1. The number of hydrogen-bond donors (Lipinski definition) is 2. The van der Waals surface area contributed by atoms with Gasteiger partial charge >= 0.3 is 0 Å². The van der Waals surface area contributed by atoms with Crippen molar-refractivity contribution in [3.05, 3.63) is 62.7 Å². The van der Waals surface area contributed by atoms with Crippen molar-refractivity contribution in [2.24, 2.45) is 0 Å². The number of aliphatic hydroxyl groups excluding tert-OH is 1. The summed E-state index contributed by atoms with van der Waals surface area (Å²) < 4.78 is 1.87. The van der Waals surface area contributed by atoms with Crippen molar-refractivity contribution in [1.29, 1.82) is 0 Å². The molecule has 0 unspecified atom stereocenters. The number of aromatic nitrogens is 3. The van der Waals surface area contributed by atoms with E-state index in [1.54, 1.807) is 6.07 Å². The molecule has 2 aromatic heterocycles. The van der Waals surface area contributed by atoms with Crippen molar-refractivity contribution in [3.63, 3.8) is 0 Å². The monoisotopic (exact) mass is 338 g/mol. The van der Waals surface area contributed by atoms with E-state index in [4.69, 9.17) is 5.11 Å². The number of nitrogens with one attached hydrogen (secondary N) is 1. The summed E-state index contributed by atoms with van der Waals surface area (Å²) in [6, 6.07) is 5.75. The summed E-state index contributed by atoms with van der Waals surface area (Å²) in [5, 5.41) is 14.2. The van der Waals surface area contributed by atoms with Crippen LogP contribution in [-0.4, -0.2) is 31.4 Å². The third-order valence-corrected chi connectivity index (χ3v) is 4.84. The van der Waals surface area contributed by atoms with Gasteiger partial charge in [-0.05, 0) is 31.0 Å². The first kappa shape index (κ1) is 16.1. The van der Waals surface area contributed by atoms with Crippen LogP contribution in [0.25, 0.3) is 10.9 Å². The minimum absolute atomic E-state index is 0.0683. The number of H-pyrrole nitrogens is 1. The van der Waals surface area contributed by atoms with E-state index in [0.29, 0.717) is 13.1 Å². The van der Waals surface area contributed by atoms with E-state index in [1.807, 2.05) is 30.8 Å². The molecule has 0 aliphatic carbocycles. The Balaban J connectivity index is 1.61. The Bertz CT molecular complexity index is 1000. The minimum Gasteiger partial charge on any atom is -0.394 e. The molecule has 0 saturated carbocycles. The quantitative estimate of drug-likeness (QED) is 0.761. The van der Waals surface area contributed by atoms with Gasteiger partial charge in [0.2, 0.25) is 0 Å². The summed E-state index contributed by atoms with van der Waals surface area (Å²) in [5.41, 5.74) is 6.47. The van der Waals surface area contributed by atoms with E-state index in [2.05, 4.69) is 21.0 Å². The molecule has 6 heteroatoms. The van der Waals surface area contributed by atoms with E-state index >= 15 is 0 Å². The predicted octanol–water partition coefficient (Wildman–Crippen LogP) is 1.85. The molecule has 1 aromatic carbocycles. The smallest absolute Gasteiger partial charge is 0.189 e. The van der Waals surface area contributed by atoms with Gasteiger partial charge in [0.1, 0.15) is 0 Å². The molecule has 0 amide bonds. The third-order valence-electron chi connectivity index (χ3n) is 4.84. The van der Waals surface area contributed by atoms with E-state index in [9.17, 15) is 4.79 Å². The van der Waals surface area contributed by atoms with Gasteiger partial charge in [-0.2, -0.15) is 5.10 Å². The number of rotatable bonds is 4. The number of aromatic amines is 1. The molecule has 1 aliphatic heterocycles. The Morgan fingerprint density at radius 2 is 2.08 bits per heavy atom. The van der Waals surface area contributed by atoms with Crippen molar-refractivity contribution in [1.82, 2.24) is 19.7 Å². The molecule has 3 aromatic rings. The number of benzene rings is 1. The molecule has 0 spiro atoms. The lowest BCUT2D eigenvalue weighted by Crippen LogP contribution is -2.20. The van der Waals surface area contributed by atoms with Crippen LogP contribution in [0.3, 0.4) is 0 Å². The van der Waals surface area contributed by atoms with Crippen LogP contribution in [-0.2, 0) is 26.2 Å². The van der Waals surface area contributed by atoms with Gasteiger partial charge in [-0.1, -0.05) is 6.07 Å². The topological polar surface area (TPSA) is 74.2 Å². The zero-order valence-electron chi connectivity index (χ0n) is 14.5. The van der Waals surface area contributed by atoms with E-state index in [0.717, 1.165) is 46.5 Å². The predicted molar refractivity (Wildman–Crippen MR) is 96.3 cm³/mol. The first-order chi connectivity index (χ1) is 12.0. The van der Waals surface area contributed by atoms with Gasteiger partial charge in [-0.15, -0.1) is 0 Å². The molecule has 4 rings (SSSR count). The standard InChI is InChI=1S/C19H22N4O2/c1-12-5-13(2)19-16(6-12)18(25)7-15(21-19)10-22-9-14-8-20-23(3-4-24)17(14)11-22/h5-8,24H,3-4,9-11H2,1-2H3,(H,21,25). The van der Waals surface area contributed by atoms with Gasteiger partial charge in [-0.3, -0.25) is 14.4 Å². The molecule has 0 bridgehead atoms. The fourth-order valence-corrected chi connectivity index (χ4v) is 3.76. The fourth-order valence-electron chi connectivity index (χ4n) is 3.76. The van der Waals surface area contributed by atoms with E-state index in [-0.39, 0.29) is 12.0 Å². The maximum Gasteiger partial charge on any atom is 0.189 e. The molecule has 6 nitrogen and oxygen atoms in total. The van der Waals surface area contributed by atoms with Gasteiger partial charge in [0.15, 0.2) is 5.43 Å². The van der Waals surface area contributed by atoms with Crippen LogP contribution >= 0.6 is 0 Å². The second kappa shape index (κ2) is 6.13. The molecule has 2 N–H and O–H groups in total. The van der Waals surface area contributed by atoms with Gasteiger partial charge < -0.3 is 10.1 Å². The number of fused-ring (bicyclic) bond motifs is 2. The summed E-state index contributed by atoms with van der Waals surface area (Å²) in [5.74, 6) is 0. The van der Waals surface area contributed by atoms with E-state index in [1.165, 1.54) is 5.56 Å². The Labute approximate surface area is 145 Å². The fraction of sp³-hybridized carbons (Fsp3) is 0.368. The minimum atomic E-state index is 0.0683. The first-order valence-corrected chi connectivity index (χ1v) is 8.55. The molecular weight excluding hydrogens is 316 g/mol. The Kier molecular flexibility index (Phi) is 3.94. The van der Waals surface area contributed by atoms with Crippen LogP contribution < -0.4 is 5.43 Å². The molecule has 0 atom stereocenters. The Morgan fingerprint density at radius 1 is 1.24 bits per heavy atom. The highest BCUT2D eigenvalue weighted by Crippen LogP contribution is 2.24. The van der Waals surface area contributed by atoms with Gasteiger partial charge in [0, 0.05) is 42.3 Å². The molecule has 0 radical (unpaired) electrons. The number of aryl methyl sites for hydroxylation is 2. The molecule has 0 fully saturated rings. The molecule has 130 valence electrons. The summed E-state index contributed by atoms with van der Waals surface area (Å²) in [6.45, 7) is 6.93. The van der Waals surface area contributed by atoms with Crippen LogP contribution in [0.4, 0.5) is 0 Å². The molecular formula is C19H22N4O2. The van der Waals surface area contributed by atoms with Gasteiger partial charge in [-0.25, -0.2) is 0 Å². The number of pyridine rings is 1. The van der Waals surface area contributed by atoms with Crippen LogP contribution in [0.2, 0.25) is 0 Å². The summed E-state index contributed by atoms with van der Waals surface area (Å²) in [7, 11) is 0. The molecule has 0 saturated heterocycles. The average Bonchev–Trinajstić information content (AvgIpc) is 3.10. The zero-order valence-corrected chi connectivity index (χ0v) is 14.5. The average molecular weight is 338 g/mol. The second-order valence-electron chi connectivity index (χ2n) is 6.87. The lowest BCUT2D eigenvalue weighted by molar-refractivity contribution is 0.249. The highest BCUT2D eigenvalue weighted by Gasteiger charge is 2.23. The van der Waals surface area contributed by atoms with Crippen molar-refractivity contribution < 1.29 is 5.11 Å². The number of hydrogen-bond acceptors (Lipinski definition) is 4. The van der Waals surface area contributed by atoms with E-state index < -0.39 is 0 Å². The molecule has 3 heterocycles. The first-order valence-electron chi connectivity index (χ1n) is 8.55. The van der Waals surface area contributed by atoms with Crippen molar-refractivity contribution in [2.75, 3.05) is 6.61 Å². The highest BCUT2D eigenvalue weighted by atomic mass is 16.3. The second-order valence-corrected chi connectivity index (χ2v) is 6.87. The highest BCUT2D eigenvalue weighted by molar-refractivity contribution is 5.82. The summed E-state index contributed by atoms with van der Waals surface area (Å²) in [4.78, 5) is 18.2. The largest absolute Gasteiger partial charge is 0.394 e. The van der Waals surface area contributed by atoms with Crippen molar-refractivity contribution in [2.45, 2.75) is 40.0 Å². The normalized spacial score (nSPS) is 14.4. The van der Waals surface area contributed by atoms with Crippen molar-refractivity contribution in [3.8, 4) is 0 Å². The lowest BCUT2D eigenvalue weighted by Gasteiger charge is -2.16. The zero-order chi connectivity index (χ0) is 17.6. The lowest BCUT2D eigenvalue weighted by atomic mass is 10.1. The van der Waals surface area contributed by atoms with Crippen molar-refractivity contribution >= 4 is 10.9 Å². The summed E-state index contributed by atoms with van der Waals surface area (Å²) in [6.07, 6.45) is 1.88.